The second-order valence-electron chi connectivity index (χ2n) is 8.69. The van der Waals surface area contributed by atoms with Gasteiger partial charge in [-0.3, -0.25) is 13.8 Å². The molecular formula is C27H23FN4O7S2. The molecule has 41 heavy (non-hydrogen) atoms. The fraction of sp³-hybridized carbons (Fsp3) is 0.111. The molecule has 2 N–H and O–H groups in total. The molecule has 0 saturated carbocycles. The van der Waals surface area contributed by atoms with Gasteiger partial charge in [0, 0.05) is 18.0 Å². The number of anilines is 3. The van der Waals surface area contributed by atoms with E-state index in [1.807, 2.05) is 0 Å². The van der Waals surface area contributed by atoms with E-state index < -0.39 is 38.3 Å². The molecule has 0 fully saturated rings. The van der Waals surface area contributed by atoms with Crippen LogP contribution >= 0.6 is 0 Å². The van der Waals surface area contributed by atoms with Gasteiger partial charge in [0.25, 0.3) is 20.0 Å². The third-order valence-electron chi connectivity index (χ3n) is 5.86. The lowest BCUT2D eigenvalue weighted by Crippen LogP contribution is -2.38. The number of carbonyl (C=O) groups is 1. The summed E-state index contributed by atoms with van der Waals surface area (Å²) in [4.78, 5) is 16.7. The van der Waals surface area contributed by atoms with Crippen LogP contribution in [0.15, 0.2) is 101 Å². The molecule has 2 heterocycles. The number of ether oxygens (including phenoxy) is 2. The zero-order valence-electron chi connectivity index (χ0n) is 21.2. The molecule has 1 aliphatic heterocycles. The van der Waals surface area contributed by atoms with Crippen molar-refractivity contribution in [2.24, 2.45) is 0 Å². The molecule has 0 bridgehead atoms. The topological polar surface area (TPSA) is 144 Å². The number of nitrogens with zero attached hydrogens (tertiary/aromatic N) is 2. The van der Waals surface area contributed by atoms with E-state index in [0.717, 1.165) is 16.4 Å². The van der Waals surface area contributed by atoms with Crippen molar-refractivity contribution in [3.05, 3.63) is 96.9 Å². The second-order valence-corrected chi connectivity index (χ2v) is 12.2. The highest BCUT2D eigenvalue weighted by Gasteiger charge is 2.29. The molecule has 14 heteroatoms. The lowest BCUT2D eigenvalue weighted by Gasteiger charge is -2.25. The maximum Gasteiger partial charge on any atom is 0.264 e. The molecule has 1 aromatic heterocycles. The Morgan fingerprint density at radius 3 is 2.22 bits per heavy atom. The summed E-state index contributed by atoms with van der Waals surface area (Å²) in [5.74, 6) is -0.527. The second kappa shape index (κ2) is 11.4. The number of amides is 1. The summed E-state index contributed by atoms with van der Waals surface area (Å²) in [5.41, 5.74) is 0.279. The number of nitrogens with one attached hydrogen (secondary N) is 2. The average Bonchev–Trinajstić information content (AvgIpc) is 2.97. The molecule has 0 saturated heterocycles. The first kappa shape index (κ1) is 27.9. The molecule has 0 spiro atoms. The highest BCUT2D eigenvalue weighted by molar-refractivity contribution is 7.93. The van der Waals surface area contributed by atoms with Gasteiger partial charge in [-0.25, -0.2) is 26.2 Å². The van der Waals surface area contributed by atoms with E-state index in [2.05, 4.69) is 15.0 Å². The lowest BCUT2D eigenvalue weighted by molar-refractivity contribution is -0.114. The molecule has 11 nitrogen and oxygen atoms in total. The van der Waals surface area contributed by atoms with Gasteiger partial charge in [0.15, 0.2) is 11.5 Å². The predicted octanol–water partition coefficient (Wildman–Crippen LogP) is 3.63. The Balaban J connectivity index is 1.35. The molecule has 4 aromatic rings. The molecular weight excluding hydrogens is 575 g/mol. The van der Waals surface area contributed by atoms with Crippen molar-refractivity contribution in [1.82, 2.24) is 4.98 Å². The van der Waals surface area contributed by atoms with Crippen LogP contribution in [0.3, 0.4) is 0 Å². The summed E-state index contributed by atoms with van der Waals surface area (Å²) in [6, 6.07) is 18.8. The van der Waals surface area contributed by atoms with Crippen LogP contribution in [0.5, 0.6) is 11.5 Å². The quantitative estimate of drug-likeness (QED) is 0.297. The molecule has 212 valence electrons. The molecule has 0 atom stereocenters. The Hall–Kier alpha value is -4.69. The van der Waals surface area contributed by atoms with Crippen molar-refractivity contribution in [3.63, 3.8) is 0 Å². The van der Waals surface area contributed by atoms with Crippen molar-refractivity contribution in [2.75, 3.05) is 34.1 Å². The Kier molecular flexibility index (Phi) is 7.77. The maximum absolute atomic E-state index is 13.7. The van der Waals surface area contributed by atoms with Crippen LogP contribution in [-0.4, -0.2) is 47.5 Å². The van der Waals surface area contributed by atoms with Gasteiger partial charge in [0.05, 0.1) is 15.5 Å². The van der Waals surface area contributed by atoms with Gasteiger partial charge in [-0.2, -0.15) is 0 Å². The van der Waals surface area contributed by atoms with Crippen LogP contribution < -0.4 is 23.8 Å². The van der Waals surface area contributed by atoms with Gasteiger partial charge >= 0.3 is 0 Å². The van der Waals surface area contributed by atoms with Crippen LogP contribution in [-0.2, 0) is 24.8 Å². The molecule has 5 rings (SSSR count). The fourth-order valence-corrected chi connectivity index (χ4v) is 6.35. The van der Waals surface area contributed by atoms with Crippen LogP contribution in [0.4, 0.5) is 21.6 Å². The number of pyridine rings is 1. The number of hydrogen-bond acceptors (Lipinski definition) is 8. The number of fused-ring (bicyclic) bond motifs is 1. The van der Waals surface area contributed by atoms with Crippen LogP contribution in [0.1, 0.15) is 0 Å². The zero-order valence-corrected chi connectivity index (χ0v) is 22.9. The van der Waals surface area contributed by atoms with Crippen molar-refractivity contribution < 1.29 is 35.5 Å². The maximum atomic E-state index is 13.7. The third kappa shape index (κ3) is 6.39. The Labute approximate surface area is 235 Å². The summed E-state index contributed by atoms with van der Waals surface area (Å²) in [6.45, 7) is -0.0851. The van der Waals surface area contributed by atoms with Crippen molar-refractivity contribution in [2.45, 2.75) is 9.79 Å². The first-order valence-electron chi connectivity index (χ1n) is 12.1. The van der Waals surface area contributed by atoms with E-state index in [1.54, 1.807) is 12.1 Å². The third-order valence-corrected chi connectivity index (χ3v) is 9.00. The number of benzene rings is 3. The van der Waals surface area contributed by atoms with Gasteiger partial charge in [-0.05, 0) is 72.8 Å². The van der Waals surface area contributed by atoms with Crippen molar-refractivity contribution in [1.29, 1.82) is 0 Å². The SMILES string of the molecule is O=C(CN(c1ccc(F)cc1)S(=O)(=O)c1ccc2c(c1)OCCO2)Nc1ccc(S(=O)(=O)Nc2ccccn2)cc1. The smallest absolute Gasteiger partial charge is 0.264 e. The number of aromatic nitrogens is 1. The zero-order chi connectivity index (χ0) is 29.0. The molecule has 0 radical (unpaired) electrons. The normalized spacial score (nSPS) is 12.8. The highest BCUT2D eigenvalue weighted by atomic mass is 32.2. The number of halogens is 1. The lowest BCUT2D eigenvalue weighted by atomic mass is 10.3. The number of rotatable bonds is 9. The van der Waals surface area contributed by atoms with E-state index in [9.17, 15) is 26.0 Å². The largest absolute Gasteiger partial charge is 0.486 e. The number of carbonyl (C=O) groups excluding carboxylic acids is 1. The minimum absolute atomic E-state index is 0.0541. The van der Waals surface area contributed by atoms with E-state index in [-0.39, 0.29) is 39.3 Å². The highest BCUT2D eigenvalue weighted by Crippen LogP contribution is 2.34. The minimum atomic E-state index is -4.32. The molecule has 1 aliphatic rings. The van der Waals surface area contributed by atoms with Gasteiger partial charge in [0.1, 0.15) is 31.4 Å². The van der Waals surface area contributed by atoms with Crippen LogP contribution in [0.2, 0.25) is 0 Å². The summed E-state index contributed by atoms with van der Waals surface area (Å²) in [6.07, 6.45) is 1.44. The fourth-order valence-electron chi connectivity index (χ4n) is 3.90. The monoisotopic (exact) mass is 598 g/mol. The van der Waals surface area contributed by atoms with Crippen LogP contribution in [0.25, 0.3) is 0 Å². The Bertz CT molecular complexity index is 1770. The van der Waals surface area contributed by atoms with Crippen molar-refractivity contribution in [3.8, 4) is 11.5 Å². The Morgan fingerprint density at radius 2 is 1.54 bits per heavy atom. The molecule has 0 unspecified atom stereocenters. The first-order valence-corrected chi connectivity index (χ1v) is 15.1. The van der Waals surface area contributed by atoms with E-state index in [1.165, 1.54) is 66.9 Å². The van der Waals surface area contributed by atoms with Crippen LogP contribution in [0, 0.1) is 5.82 Å². The number of sulfonamides is 2. The minimum Gasteiger partial charge on any atom is -0.486 e. The van der Waals surface area contributed by atoms with E-state index in [4.69, 9.17) is 9.47 Å². The van der Waals surface area contributed by atoms with Gasteiger partial charge in [0.2, 0.25) is 5.91 Å². The number of hydrogen-bond donors (Lipinski definition) is 2. The molecule has 3 aromatic carbocycles. The first-order chi connectivity index (χ1) is 19.6. The predicted molar refractivity (Wildman–Crippen MR) is 148 cm³/mol. The Morgan fingerprint density at radius 1 is 0.854 bits per heavy atom. The van der Waals surface area contributed by atoms with Gasteiger partial charge < -0.3 is 14.8 Å². The van der Waals surface area contributed by atoms with Gasteiger partial charge in [-0.1, -0.05) is 6.07 Å². The molecule has 0 aliphatic carbocycles. The van der Waals surface area contributed by atoms with Gasteiger partial charge in [-0.15, -0.1) is 0 Å². The van der Waals surface area contributed by atoms with Crippen molar-refractivity contribution >= 4 is 43.1 Å². The molecule has 1 amide bonds. The average molecular weight is 599 g/mol. The standard InChI is InChI=1S/C27H23FN4O7S2/c28-19-4-8-21(9-5-19)32(41(36,37)23-12-13-24-25(17-23)39-16-15-38-24)18-27(33)30-20-6-10-22(11-7-20)40(34,35)31-26-3-1-2-14-29-26/h1-14,17H,15-16,18H2,(H,29,31)(H,30,33). The summed E-state index contributed by atoms with van der Waals surface area (Å²) in [7, 11) is -8.26. The summed E-state index contributed by atoms with van der Waals surface area (Å²) < 4.78 is 80.4. The van der Waals surface area contributed by atoms with E-state index in [0.29, 0.717) is 12.4 Å². The summed E-state index contributed by atoms with van der Waals surface area (Å²) >= 11 is 0. The summed E-state index contributed by atoms with van der Waals surface area (Å²) in [5, 5.41) is 2.56. The van der Waals surface area contributed by atoms with E-state index >= 15 is 0 Å².